The summed E-state index contributed by atoms with van der Waals surface area (Å²) in [6, 6.07) is 10.9. The molecule has 0 aromatic heterocycles. The molecule has 0 aliphatic heterocycles. The number of nitrogens with one attached hydrogen (secondary N) is 2. The number of carbonyl (C=O) groups excluding carboxylic acids is 4. The molecule has 0 fully saturated rings. The number of hydrogen-bond donors (Lipinski definition) is 2. The third kappa shape index (κ3) is 10.8. The summed E-state index contributed by atoms with van der Waals surface area (Å²) < 4.78 is 35.2. The molecule has 0 bridgehead atoms. The van der Waals surface area contributed by atoms with Gasteiger partial charge in [0.15, 0.2) is 13.2 Å². The monoisotopic (exact) mass is 472 g/mol. The highest BCUT2D eigenvalue weighted by atomic mass is 19.1. The highest BCUT2D eigenvalue weighted by molar-refractivity contribution is 5.90. The van der Waals surface area contributed by atoms with E-state index in [9.17, 15) is 28.0 Å². The van der Waals surface area contributed by atoms with E-state index in [1.54, 1.807) is 0 Å². The summed E-state index contributed by atoms with van der Waals surface area (Å²) in [5, 5.41) is 4.88. The van der Waals surface area contributed by atoms with Gasteiger partial charge in [-0.1, -0.05) is 24.3 Å². The first-order valence-corrected chi connectivity index (χ1v) is 10.1. The van der Waals surface area contributed by atoms with E-state index in [0.29, 0.717) is 11.1 Å². The number of carbonyl (C=O) groups is 4. The maximum Gasteiger partial charge on any atom is 0.331 e. The normalized spacial score (nSPS) is 10.8. The number of benzene rings is 2. The molecule has 2 aromatic rings. The Morgan fingerprint density at radius 2 is 1.00 bits per heavy atom. The predicted octanol–water partition coefficient (Wildman–Crippen LogP) is 2.01. The van der Waals surface area contributed by atoms with Gasteiger partial charge in [0.1, 0.15) is 11.6 Å². The summed E-state index contributed by atoms with van der Waals surface area (Å²) in [6.07, 6.45) is 5.05. The molecule has 0 heterocycles. The number of hydrogen-bond acceptors (Lipinski definition) is 6. The van der Waals surface area contributed by atoms with Crippen LogP contribution in [0.5, 0.6) is 0 Å². The van der Waals surface area contributed by atoms with Gasteiger partial charge in [0.25, 0.3) is 11.8 Å². The molecule has 8 nitrogen and oxygen atoms in total. The first kappa shape index (κ1) is 25.9. The van der Waals surface area contributed by atoms with E-state index in [-0.39, 0.29) is 13.1 Å². The maximum absolute atomic E-state index is 12.8. The van der Waals surface area contributed by atoms with Crippen LogP contribution in [0.1, 0.15) is 11.1 Å². The molecule has 0 aliphatic rings. The van der Waals surface area contributed by atoms with Crippen LogP contribution in [-0.2, 0) is 28.7 Å². The second kappa shape index (κ2) is 13.9. The van der Waals surface area contributed by atoms with Gasteiger partial charge in [-0.2, -0.15) is 0 Å². The van der Waals surface area contributed by atoms with E-state index in [1.165, 1.54) is 60.7 Å². The predicted molar refractivity (Wildman–Crippen MR) is 119 cm³/mol. The van der Waals surface area contributed by atoms with E-state index >= 15 is 0 Å². The van der Waals surface area contributed by atoms with Gasteiger partial charge < -0.3 is 20.1 Å². The van der Waals surface area contributed by atoms with Gasteiger partial charge in [-0.05, 0) is 47.5 Å². The Morgan fingerprint density at radius 1 is 0.647 bits per heavy atom. The average molecular weight is 472 g/mol. The molecule has 10 heteroatoms. The van der Waals surface area contributed by atoms with Crippen LogP contribution in [0, 0.1) is 11.6 Å². The highest BCUT2D eigenvalue weighted by Crippen LogP contribution is 2.05. The number of rotatable bonds is 11. The fraction of sp³-hybridized carbons (Fsp3) is 0.167. The van der Waals surface area contributed by atoms with Gasteiger partial charge in [0.05, 0.1) is 0 Å². The minimum absolute atomic E-state index is 0.0615. The largest absolute Gasteiger partial charge is 0.452 e. The molecular formula is C24H22F2N2O6. The molecule has 0 spiro atoms. The van der Waals surface area contributed by atoms with Crippen molar-refractivity contribution in [3.63, 3.8) is 0 Å². The highest BCUT2D eigenvalue weighted by Gasteiger charge is 2.07. The second-order valence-electron chi connectivity index (χ2n) is 6.69. The van der Waals surface area contributed by atoms with Crippen molar-refractivity contribution in [3.8, 4) is 0 Å². The molecule has 2 aromatic carbocycles. The van der Waals surface area contributed by atoms with Crippen LogP contribution < -0.4 is 10.6 Å². The lowest BCUT2D eigenvalue weighted by molar-refractivity contribution is -0.144. The molecule has 178 valence electrons. The summed E-state index contributed by atoms with van der Waals surface area (Å²) in [4.78, 5) is 46.5. The van der Waals surface area contributed by atoms with Gasteiger partial charge in [-0.15, -0.1) is 0 Å². The Kier molecular flexibility index (Phi) is 10.6. The number of esters is 2. The number of amides is 2. The van der Waals surface area contributed by atoms with Crippen molar-refractivity contribution in [1.82, 2.24) is 10.6 Å². The molecule has 0 saturated heterocycles. The Labute approximate surface area is 194 Å². The second-order valence-corrected chi connectivity index (χ2v) is 6.69. The third-order valence-electron chi connectivity index (χ3n) is 4.02. The molecule has 2 N–H and O–H groups in total. The molecular weight excluding hydrogens is 450 g/mol. The molecule has 0 unspecified atom stereocenters. The van der Waals surface area contributed by atoms with Crippen LogP contribution in [0.2, 0.25) is 0 Å². The summed E-state index contributed by atoms with van der Waals surface area (Å²) in [5.74, 6) is -3.44. The van der Waals surface area contributed by atoms with Crippen LogP contribution in [-0.4, -0.2) is 50.1 Å². The minimum atomic E-state index is -0.747. The topological polar surface area (TPSA) is 111 Å². The fourth-order valence-electron chi connectivity index (χ4n) is 2.35. The van der Waals surface area contributed by atoms with Crippen molar-refractivity contribution in [2.24, 2.45) is 0 Å². The van der Waals surface area contributed by atoms with Crippen molar-refractivity contribution in [1.29, 1.82) is 0 Å². The molecule has 0 radical (unpaired) electrons. The van der Waals surface area contributed by atoms with Crippen LogP contribution in [0.4, 0.5) is 8.78 Å². The zero-order chi connectivity index (χ0) is 24.8. The quantitative estimate of drug-likeness (QED) is 0.294. The van der Waals surface area contributed by atoms with Crippen molar-refractivity contribution < 1.29 is 37.4 Å². The summed E-state index contributed by atoms with van der Waals surface area (Å²) in [7, 11) is 0. The lowest BCUT2D eigenvalue weighted by Gasteiger charge is -2.07. The van der Waals surface area contributed by atoms with Crippen LogP contribution in [0.15, 0.2) is 60.7 Å². The van der Waals surface area contributed by atoms with Crippen LogP contribution >= 0.6 is 0 Å². The van der Waals surface area contributed by atoms with Gasteiger partial charge in [-0.3, -0.25) is 9.59 Å². The van der Waals surface area contributed by atoms with E-state index < -0.39 is 48.6 Å². The smallest absolute Gasteiger partial charge is 0.331 e. The summed E-state index contributed by atoms with van der Waals surface area (Å²) >= 11 is 0. The van der Waals surface area contributed by atoms with Gasteiger partial charge in [0, 0.05) is 25.2 Å². The Morgan fingerprint density at radius 3 is 1.35 bits per heavy atom. The zero-order valence-corrected chi connectivity index (χ0v) is 18.0. The Hall–Kier alpha value is -4.34. The van der Waals surface area contributed by atoms with Gasteiger partial charge >= 0.3 is 11.9 Å². The van der Waals surface area contributed by atoms with E-state index in [2.05, 4.69) is 10.6 Å². The van der Waals surface area contributed by atoms with Crippen molar-refractivity contribution >= 4 is 35.9 Å². The SMILES string of the molecule is O=C(COC(=O)/C=C/c1ccc(F)cc1)NCCNC(=O)COC(=O)/C=C/c1ccc(F)cc1. The molecule has 0 aliphatic carbocycles. The molecule has 34 heavy (non-hydrogen) atoms. The first-order valence-electron chi connectivity index (χ1n) is 10.1. The third-order valence-corrected chi connectivity index (χ3v) is 4.02. The standard InChI is InChI=1S/C24H22F2N2O6/c25-19-7-1-17(2-8-19)5-11-23(31)33-15-21(29)27-13-14-28-22(30)16-34-24(32)12-6-18-3-9-20(26)10-4-18/h1-12H,13-16H2,(H,27,29)(H,28,30)/b11-5+,12-6+. The Balaban J connectivity index is 1.54. The van der Waals surface area contributed by atoms with Crippen molar-refractivity contribution in [3.05, 3.63) is 83.4 Å². The fourth-order valence-corrected chi connectivity index (χ4v) is 2.35. The van der Waals surface area contributed by atoms with Crippen molar-refractivity contribution in [2.75, 3.05) is 26.3 Å². The van der Waals surface area contributed by atoms with Crippen LogP contribution in [0.25, 0.3) is 12.2 Å². The molecule has 2 rings (SSSR count). The molecule has 0 atom stereocenters. The van der Waals surface area contributed by atoms with Crippen LogP contribution in [0.3, 0.4) is 0 Å². The lowest BCUT2D eigenvalue weighted by atomic mass is 10.2. The molecule has 2 amide bonds. The van der Waals surface area contributed by atoms with E-state index in [1.807, 2.05) is 0 Å². The number of ether oxygens (including phenoxy) is 2. The summed E-state index contributed by atoms with van der Waals surface area (Å²) in [5.41, 5.74) is 1.18. The van der Waals surface area contributed by atoms with E-state index in [0.717, 1.165) is 12.2 Å². The lowest BCUT2D eigenvalue weighted by Crippen LogP contribution is -2.38. The maximum atomic E-state index is 12.8. The minimum Gasteiger partial charge on any atom is -0.452 e. The summed E-state index contributed by atoms with van der Waals surface area (Å²) in [6.45, 7) is -0.908. The van der Waals surface area contributed by atoms with Gasteiger partial charge in [-0.25, -0.2) is 18.4 Å². The number of halogens is 2. The molecule has 0 saturated carbocycles. The van der Waals surface area contributed by atoms with Gasteiger partial charge in [0.2, 0.25) is 0 Å². The van der Waals surface area contributed by atoms with E-state index in [4.69, 9.17) is 9.47 Å². The Bertz CT molecular complexity index is 965. The zero-order valence-electron chi connectivity index (χ0n) is 18.0. The van der Waals surface area contributed by atoms with Crippen molar-refractivity contribution in [2.45, 2.75) is 0 Å². The average Bonchev–Trinajstić information content (AvgIpc) is 2.83. The first-order chi connectivity index (χ1) is 16.3.